The van der Waals surface area contributed by atoms with E-state index in [1.54, 1.807) is 4.68 Å². The second-order valence-electron chi connectivity index (χ2n) is 6.93. The standard InChI is InChI=1S/C20H30N6O/c1-3-21-19(23-15-17-10-5-4-9-16(17)2)22-12-8-14-26-20(27)25-13-7-6-11-18(25)24-26/h4-5,9-10H,3,6-8,11-15H2,1-2H3,(H2,21,22,23). The van der Waals surface area contributed by atoms with E-state index in [-0.39, 0.29) is 5.69 Å². The number of guanidine groups is 1. The molecule has 0 radical (unpaired) electrons. The van der Waals surface area contributed by atoms with Crippen molar-refractivity contribution in [3.8, 4) is 0 Å². The summed E-state index contributed by atoms with van der Waals surface area (Å²) >= 11 is 0. The van der Waals surface area contributed by atoms with E-state index in [1.807, 2.05) is 16.7 Å². The Kier molecular flexibility index (Phi) is 6.68. The molecule has 0 unspecified atom stereocenters. The number of hydrogen-bond acceptors (Lipinski definition) is 3. The van der Waals surface area contributed by atoms with E-state index < -0.39 is 0 Å². The van der Waals surface area contributed by atoms with Crippen molar-refractivity contribution in [3.05, 3.63) is 51.7 Å². The summed E-state index contributed by atoms with van der Waals surface area (Å²) in [7, 11) is 0. The predicted molar refractivity (Wildman–Crippen MR) is 108 cm³/mol. The normalized spacial score (nSPS) is 14.1. The first-order valence-corrected chi connectivity index (χ1v) is 9.92. The maximum Gasteiger partial charge on any atom is 0.345 e. The van der Waals surface area contributed by atoms with Crippen LogP contribution in [0, 0.1) is 6.92 Å². The third-order valence-electron chi connectivity index (χ3n) is 4.88. The van der Waals surface area contributed by atoms with Gasteiger partial charge in [-0.15, -0.1) is 0 Å². The monoisotopic (exact) mass is 370 g/mol. The van der Waals surface area contributed by atoms with Gasteiger partial charge in [-0.2, -0.15) is 5.10 Å². The first-order valence-electron chi connectivity index (χ1n) is 9.92. The summed E-state index contributed by atoms with van der Waals surface area (Å²) in [5.41, 5.74) is 2.51. The van der Waals surface area contributed by atoms with Crippen molar-refractivity contribution in [1.82, 2.24) is 25.0 Å². The number of aryl methyl sites for hydroxylation is 3. The van der Waals surface area contributed by atoms with E-state index >= 15 is 0 Å². The molecule has 1 aromatic heterocycles. The molecular weight excluding hydrogens is 340 g/mol. The third-order valence-corrected chi connectivity index (χ3v) is 4.88. The average molecular weight is 371 g/mol. The van der Waals surface area contributed by atoms with Gasteiger partial charge in [0, 0.05) is 32.6 Å². The number of rotatable bonds is 7. The molecule has 0 saturated heterocycles. The molecule has 7 heteroatoms. The Morgan fingerprint density at radius 3 is 2.89 bits per heavy atom. The van der Waals surface area contributed by atoms with Crippen molar-refractivity contribution in [2.45, 2.75) is 59.2 Å². The average Bonchev–Trinajstić information content (AvgIpc) is 3.00. The van der Waals surface area contributed by atoms with E-state index in [2.05, 4.69) is 46.7 Å². The van der Waals surface area contributed by atoms with E-state index in [1.165, 1.54) is 11.1 Å². The molecule has 1 aliphatic heterocycles. The van der Waals surface area contributed by atoms with Crippen molar-refractivity contribution >= 4 is 5.96 Å². The number of benzene rings is 1. The van der Waals surface area contributed by atoms with E-state index in [9.17, 15) is 4.79 Å². The number of nitrogens with zero attached hydrogens (tertiary/aromatic N) is 4. The second-order valence-corrected chi connectivity index (χ2v) is 6.93. The van der Waals surface area contributed by atoms with Crippen molar-refractivity contribution in [2.75, 3.05) is 13.1 Å². The molecule has 3 rings (SSSR count). The summed E-state index contributed by atoms with van der Waals surface area (Å²) in [4.78, 5) is 17.0. The van der Waals surface area contributed by atoms with Crippen molar-refractivity contribution < 1.29 is 0 Å². The van der Waals surface area contributed by atoms with Crippen LogP contribution in [-0.4, -0.2) is 33.4 Å². The predicted octanol–water partition coefficient (Wildman–Crippen LogP) is 1.83. The zero-order valence-corrected chi connectivity index (χ0v) is 16.4. The van der Waals surface area contributed by atoms with Gasteiger partial charge in [0.1, 0.15) is 5.82 Å². The molecule has 2 heterocycles. The van der Waals surface area contributed by atoms with Crippen LogP contribution in [0.2, 0.25) is 0 Å². The molecule has 1 aliphatic rings. The SMILES string of the molecule is CCNC(=NCc1ccccc1C)NCCCn1nc2n(c1=O)CCCC2. The lowest BCUT2D eigenvalue weighted by molar-refractivity contribution is 0.509. The molecule has 0 atom stereocenters. The van der Waals surface area contributed by atoms with Crippen LogP contribution in [-0.2, 0) is 26.1 Å². The van der Waals surface area contributed by atoms with Gasteiger partial charge in [-0.25, -0.2) is 14.5 Å². The summed E-state index contributed by atoms with van der Waals surface area (Å²) < 4.78 is 3.43. The third kappa shape index (κ3) is 4.99. The Balaban J connectivity index is 1.51. The number of fused-ring (bicyclic) bond motifs is 1. The highest BCUT2D eigenvalue weighted by atomic mass is 16.2. The fraction of sp³-hybridized carbons (Fsp3) is 0.550. The quantitative estimate of drug-likeness (QED) is 0.443. The van der Waals surface area contributed by atoms with Crippen LogP contribution >= 0.6 is 0 Å². The molecule has 1 aromatic carbocycles. The molecule has 0 bridgehead atoms. The zero-order chi connectivity index (χ0) is 19.1. The Morgan fingerprint density at radius 1 is 1.26 bits per heavy atom. The van der Waals surface area contributed by atoms with E-state index in [4.69, 9.17) is 0 Å². The van der Waals surface area contributed by atoms with Gasteiger partial charge in [-0.05, 0) is 44.2 Å². The summed E-state index contributed by atoms with van der Waals surface area (Å²) in [6, 6.07) is 8.30. The van der Waals surface area contributed by atoms with Gasteiger partial charge in [0.25, 0.3) is 0 Å². The first kappa shape index (κ1) is 19.2. The smallest absolute Gasteiger partial charge is 0.345 e. The number of hydrogen-bond donors (Lipinski definition) is 2. The number of nitrogens with one attached hydrogen (secondary N) is 2. The maximum atomic E-state index is 12.3. The van der Waals surface area contributed by atoms with Gasteiger partial charge in [0.15, 0.2) is 5.96 Å². The Labute approximate surface area is 160 Å². The van der Waals surface area contributed by atoms with Crippen molar-refractivity contribution in [2.24, 2.45) is 4.99 Å². The largest absolute Gasteiger partial charge is 0.357 e. The lowest BCUT2D eigenvalue weighted by Gasteiger charge is -2.11. The van der Waals surface area contributed by atoms with Gasteiger partial charge in [0.05, 0.1) is 6.54 Å². The maximum absolute atomic E-state index is 12.3. The Hall–Kier alpha value is -2.57. The summed E-state index contributed by atoms with van der Waals surface area (Å²) in [5, 5.41) is 11.1. The minimum atomic E-state index is 0.0322. The van der Waals surface area contributed by atoms with Crippen LogP contribution in [0.15, 0.2) is 34.1 Å². The highest BCUT2D eigenvalue weighted by Gasteiger charge is 2.16. The fourth-order valence-electron chi connectivity index (χ4n) is 3.32. The van der Waals surface area contributed by atoms with Gasteiger partial charge in [0.2, 0.25) is 0 Å². The molecule has 27 heavy (non-hydrogen) atoms. The van der Waals surface area contributed by atoms with E-state index in [0.717, 1.165) is 57.1 Å². The molecule has 0 amide bonds. The zero-order valence-electron chi connectivity index (χ0n) is 16.4. The molecule has 0 fully saturated rings. The molecule has 0 aliphatic carbocycles. The van der Waals surface area contributed by atoms with Crippen molar-refractivity contribution in [1.29, 1.82) is 0 Å². The highest BCUT2D eigenvalue weighted by Crippen LogP contribution is 2.09. The van der Waals surface area contributed by atoms with Crippen molar-refractivity contribution in [3.63, 3.8) is 0 Å². The lowest BCUT2D eigenvalue weighted by atomic mass is 10.1. The topological polar surface area (TPSA) is 76.2 Å². The van der Waals surface area contributed by atoms with Gasteiger partial charge in [-0.1, -0.05) is 24.3 Å². The van der Waals surface area contributed by atoms with Crippen LogP contribution in [0.5, 0.6) is 0 Å². The number of aromatic nitrogens is 3. The molecule has 2 aromatic rings. The van der Waals surface area contributed by atoms with Crippen LogP contribution in [0.25, 0.3) is 0 Å². The summed E-state index contributed by atoms with van der Waals surface area (Å²) in [5.74, 6) is 1.74. The van der Waals surface area contributed by atoms with Crippen LogP contribution in [0.3, 0.4) is 0 Å². The molecule has 7 nitrogen and oxygen atoms in total. The minimum absolute atomic E-state index is 0.0322. The highest BCUT2D eigenvalue weighted by molar-refractivity contribution is 5.79. The van der Waals surface area contributed by atoms with Crippen LogP contribution < -0.4 is 16.3 Å². The van der Waals surface area contributed by atoms with E-state index in [0.29, 0.717) is 13.1 Å². The second kappa shape index (κ2) is 9.39. The Bertz CT molecular complexity index is 835. The summed E-state index contributed by atoms with van der Waals surface area (Å²) in [6.07, 6.45) is 3.94. The molecule has 0 saturated carbocycles. The molecule has 146 valence electrons. The van der Waals surface area contributed by atoms with Gasteiger partial charge < -0.3 is 10.6 Å². The first-order chi connectivity index (χ1) is 13.2. The number of aliphatic imine (C=N–C) groups is 1. The van der Waals surface area contributed by atoms with Crippen LogP contribution in [0.4, 0.5) is 0 Å². The lowest BCUT2D eigenvalue weighted by Crippen LogP contribution is -2.38. The fourth-order valence-corrected chi connectivity index (χ4v) is 3.32. The minimum Gasteiger partial charge on any atom is -0.357 e. The molecule has 2 N–H and O–H groups in total. The van der Waals surface area contributed by atoms with Gasteiger partial charge in [-0.3, -0.25) is 4.57 Å². The van der Waals surface area contributed by atoms with Gasteiger partial charge >= 0.3 is 5.69 Å². The van der Waals surface area contributed by atoms with Crippen LogP contribution in [0.1, 0.15) is 43.1 Å². The molecular formula is C20H30N6O. The summed E-state index contributed by atoms with van der Waals surface area (Å²) in [6.45, 7) is 7.80. The molecule has 0 spiro atoms. The Morgan fingerprint density at radius 2 is 2.11 bits per heavy atom.